The molecule has 0 aliphatic carbocycles. The highest BCUT2D eigenvalue weighted by molar-refractivity contribution is 5.69. The van der Waals surface area contributed by atoms with Gasteiger partial charge < -0.3 is 20.1 Å². The number of piperazine rings is 1. The molecule has 0 aromatic rings. The van der Waals surface area contributed by atoms with E-state index in [1.165, 1.54) is 0 Å². The molecule has 1 aliphatic rings. The molecule has 18 heavy (non-hydrogen) atoms. The molecule has 0 saturated carbocycles. The van der Waals surface area contributed by atoms with E-state index in [2.05, 4.69) is 5.32 Å². The molecule has 104 valence electrons. The van der Waals surface area contributed by atoms with Crippen LogP contribution in [0.1, 0.15) is 33.6 Å². The molecule has 1 heterocycles. The fraction of sp³-hybridized carbons (Fsp3) is 0.833. The minimum absolute atomic E-state index is 0.0612. The predicted molar refractivity (Wildman–Crippen MR) is 66.5 cm³/mol. The van der Waals surface area contributed by atoms with Crippen molar-refractivity contribution in [3.8, 4) is 0 Å². The lowest BCUT2D eigenvalue weighted by Gasteiger charge is -2.37. The van der Waals surface area contributed by atoms with Crippen LogP contribution in [0, 0.1) is 0 Å². The van der Waals surface area contributed by atoms with Crippen molar-refractivity contribution in [1.82, 2.24) is 10.2 Å². The van der Waals surface area contributed by atoms with Crippen LogP contribution in [0.2, 0.25) is 0 Å². The van der Waals surface area contributed by atoms with Crippen molar-refractivity contribution >= 4 is 12.1 Å². The summed E-state index contributed by atoms with van der Waals surface area (Å²) in [4.78, 5) is 24.2. The van der Waals surface area contributed by atoms with Gasteiger partial charge in [0.2, 0.25) is 0 Å². The Kier molecular flexibility index (Phi) is 4.95. The van der Waals surface area contributed by atoms with Crippen LogP contribution in [0.25, 0.3) is 0 Å². The van der Waals surface area contributed by atoms with Crippen LogP contribution >= 0.6 is 0 Å². The first-order valence-corrected chi connectivity index (χ1v) is 6.22. The maximum absolute atomic E-state index is 12.0. The van der Waals surface area contributed by atoms with Crippen molar-refractivity contribution in [3.63, 3.8) is 0 Å². The highest BCUT2D eigenvalue weighted by Gasteiger charge is 2.30. The topological polar surface area (TPSA) is 78.9 Å². The minimum Gasteiger partial charge on any atom is -0.481 e. The van der Waals surface area contributed by atoms with Gasteiger partial charge in [-0.25, -0.2) is 4.79 Å². The van der Waals surface area contributed by atoms with Crippen molar-refractivity contribution in [1.29, 1.82) is 0 Å². The molecule has 0 spiro atoms. The lowest BCUT2D eigenvalue weighted by Crippen LogP contribution is -2.54. The van der Waals surface area contributed by atoms with Crippen LogP contribution in [0.5, 0.6) is 0 Å². The summed E-state index contributed by atoms with van der Waals surface area (Å²) in [6.45, 7) is 7.34. The Bertz CT molecular complexity index is 312. The zero-order valence-corrected chi connectivity index (χ0v) is 11.2. The number of amides is 1. The number of hydrogen-bond acceptors (Lipinski definition) is 4. The third-order valence-corrected chi connectivity index (χ3v) is 2.67. The molecule has 1 fully saturated rings. The van der Waals surface area contributed by atoms with E-state index >= 15 is 0 Å². The monoisotopic (exact) mass is 258 g/mol. The van der Waals surface area contributed by atoms with E-state index in [1.807, 2.05) is 20.8 Å². The first kappa shape index (κ1) is 14.8. The first-order valence-electron chi connectivity index (χ1n) is 6.22. The summed E-state index contributed by atoms with van der Waals surface area (Å²) in [5, 5.41) is 11.9. The van der Waals surface area contributed by atoms with Gasteiger partial charge in [-0.15, -0.1) is 0 Å². The van der Waals surface area contributed by atoms with Gasteiger partial charge in [-0.05, 0) is 27.2 Å². The largest absolute Gasteiger partial charge is 0.481 e. The molecule has 0 radical (unpaired) electrons. The van der Waals surface area contributed by atoms with Crippen LogP contribution in [-0.4, -0.2) is 53.3 Å². The van der Waals surface area contributed by atoms with E-state index in [0.29, 0.717) is 26.1 Å². The Balaban J connectivity index is 2.58. The average Bonchev–Trinajstić information content (AvgIpc) is 2.24. The number of aliphatic carboxylic acids is 1. The molecule has 0 bridgehead atoms. The number of carbonyl (C=O) groups is 2. The van der Waals surface area contributed by atoms with Gasteiger partial charge in [0.25, 0.3) is 0 Å². The number of carboxylic acids is 1. The highest BCUT2D eigenvalue weighted by Crippen LogP contribution is 2.15. The Morgan fingerprint density at radius 2 is 2.11 bits per heavy atom. The number of carboxylic acid groups (broad SMARTS) is 1. The Hall–Kier alpha value is -1.30. The molecule has 6 heteroatoms. The van der Waals surface area contributed by atoms with E-state index < -0.39 is 11.6 Å². The van der Waals surface area contributed by atoms with Gasteiger partial charge in [-0.2, -0.15) is 0 Å². The lowest BCUT2D eigenvalue weighted by molar-refractivity contribution is -0.137. The number of nitrogens with one attached hydrogen (secondary N) is 1. The van der Waals surface area contributed by atoms with E-state index in [4.69, 9.17) is 9.84 Å². The van der Waals surface area contributed by atoms with E-state index in [-0.39, 0.29) is 18.6 Å². The summed E-state index contributed by atoms with van der Waals surface area (Å²) >= 11 is 0. The second-order valence-corrected chi connectivity index (χ2v) is 5.46. The first-order chi connectivity index (χ1) is 8.29. The molecule has 1 aliphatic heterocycles. The van der Waals surface area contributed by atoms with Gasteiger partial charge in [0, 0.05) is 32.1 Å². The van der Waals surface area contributed by atoms with E-state index in [0.717, 1.165) is 0 Å². The molecule has 1 unspecified atom stereocenters. The quantitative estimate of drug-likeness (QED) is 0.791. The standard InChI is InChI=1S/C12H22N2O4/c1-12(2,3)18-11(17)14-7-6-13-8-9(14)4-5-10(15)16/h9,13H,4-8H2,1-3H3,(H,15,16). The molecule has 1 rings (SSSR count). The van der Waals surface area contributed by atoms with Crippen molar-refractivity contribution in [2.24, 2.45) is 0 Å². The molecule has 2 N–H and O–H groups in total. The fourth-order valence-corrected chi connectivity index (χ4v) is 1.87. The van der Waals surface area contributed by atoms with Gasteiger partial charge in [0.1, 0.15) is 5.60 Å². The molecule has 6 nitrogen and oxygen atoms in total. The minimum atomic E-state index is -0.843. The number of rotatable bonds is 3. The number of nitrogens with zero attached hydrogens (tertiary/aromatic N) is 1. The summed E-state index contributed by atoms with van der Waals surface area (Å²) in [6.07, 6.45) is 0.145. The molecule has 1 atom stereocenters. The molecular weight excluding hydrogens is 236 g/mol. The van der Waals surface area contributed by atoms with Crippen LogP contribution in [-0.2, 0) is 9.53 Å². The summed E-state index contributed by atoms with van der Waals surface area (Å²) in [5.74, 6) is -0.843. The van der Waals surface area contributed by atoms with Crippen LogP contribution in [0.3, 0.4) is 0 Å². The molecule has 1 saturated heterocycles. The lowest BCUT2D eigenvalue weighted by atomic mass is 10.1. The van der Waals surface area contributed by atoms with Crippen LogP contribution < -0.4 is 5.32 Å². The number of ether oxygens (including phenoxy) is 1. The average molecular weight is 258 g/mol. The van der Waals surface area contributed by atoms with Crippen molar-refractivity contribution in [2.75, 3.05) is 19.6 Å². The smallest absolute Gasteiger partial charge is 0.410 e. The molecule has 0 aromatic carbocycles. The van der Waals surface area contributed by atoms with Gasteiger partial charge in [0.05, 0.1) is 0 Å². The van der Waals surface area contributed by atoms with Crippen LogP contribution in [0.15, 0.2) is 0 Å². The normalized spacial score (nSPS) is 20.6. The molecule has 0 aromatic heterocycles. The van der Waals surface area contributed by atoms with E-state index in [1.54, 1.807) is 4.90 Å². The van der Waals surface area contributed by atoms with Crippen molar-refractivity contribution < 1.29 is 19.4 Å². The van der Waals surface area contributed by atoms with E-state index in [9.17, 15) is 9.59 Å². The zero-order valence-electron chi connectivity index (χ0n) is 11.2. The molecule has 1 amide bonds. The van der Waals surface area contributed by atoms with Crippen LogP contribution in [0.4, 0.5) is 4.79 Å². The second-order valence-electron chi connectivity index (χ2n) is 5.46. The summed E-state index contributed by atoms with van der Waals surface area (Å²) in [7, 11) is 0. The Morgan fingerprint density at radius 3 is 2.67 bits per heavy atom. The third kappa shape index (κ3) is 4.91. The summed E-state index contributed by atoms with van der Waals surface area (Å²) in [5.41, 5.74) is -0.528. The Labute approximate surface area is 107 Å². The third-order valence-electron chi connectivity index (χ3n) is 2.67. The second kappa shape index (κ2) is 6.04. The maximum Gasteiger partial charge on any atom is 0.410 e. The predicted octanol–water partition coefficient (Wildman–Crippen LogP) is 1.06. The van der Waals surface area contributed by atoms with Gasteiger partial charge in [0.15, 0.2) is 0 Å². The van der Waals surface area contributed by atoms with Gasteiger partial charge >= 0.3 is 12.1 Å². The van der Waals surface area contributed by atoms with Crippen molar-refractivity contribution in [2.45, 2.75) is 45.3 Å². The maximum atomic E-state index is 12.0. The molecular formula is C12H22N2O4. The Morgan fingerprint density at radius 1 is 1.44 bits per heavy atom. The number of carbonyl (C=O) groups excluding carboxylic acids is 1. The van der Waals surface area contributed by atoms with Crippen molar-refractivity contribution in [3.05, 3.63) is 0 Å². The van der Waals surface area contributed by atoms with Gasteiger partial charge in [-0.1, -0.05) is 0 Å². The zero-order chi connectivity index (χ0) is 13.8. The summed E-state index contributed by atoms with van der Waals surface area (Å²) in [6, 6.07) is -0.107. The SMILES string of the molecule is CC(C)(C)OC(=O)N1CCNCC1CCC(=O)O. The highest BCUT2D eigenvalue weighted by atomic mass is 16.6. The number of hydrogen-bond donors (Lipinski definition) is 2. The fourth-order valence-electron chi connectivity index (χ4n) is 1.87. The summed E-state index contributed by atoms with van der Waals surface area (Å²) < 4.78 is 5.33. The van der Waals surface area contributed by atoms with Gasteiger partial charge in [-0.3, -0.25) is 4.79 Å².